The van der Waals surface area contributed by atoms with E-state index in [1.165, 1.54) is 47.1 Å². The maximum absolute atomic E-state index is 3.38. The summed E-state index contributed by atoms with van der Waals surface area (Å²) in [5.74, 6) is 0. The van der Waals surface area contributed by atoms with Crippen molar-refractivity contribution in [2.24, 2.45) is 0 Å². The number of halogens is 1. The van der Waals surface area contributed by atoms with Gasteiger partial charge in [0.25, 0.3) is 0 Å². The van der Waals surface area contributed by atoms with Crippen molar-refractivity contribution in [2.45, 2.75) is 19.3 Å². The molecular weight excluding hydrogens is 328 g/mol. The predicted molar refractivity (Wildman–Crippen MR) is 109 cm³/mol. The molecule has 0 atom stereocenters. The second-order valence-electron chi connectivity index (χ2n) is 6.61. The van der Waals surface area contributed by atoms with Crippen molar-refractivity contribution < 1.29 is 0 Å². The maximum Gasteiger partial charge on any atom is 0.0456 e. The van der Waals surface area contributed by atoms with Gasteiger partial charge >= 0.3 is 0 Å². The van der Waals surface area contributed by atoms with Crippen molar-refractivity contribution in [3.8, 4) is 0 Å². The molecule has 0 saturated carbocycles. The Bertz CT molecular complexity index is 835. The average Bonchev–Trinajstić information content (AvgIpc) is 3.06. The molecule has 1 aliphatic rings. The van der Waals surface area contributed by atoms with E-state index in [4.69, 9.17) is 0 Å². The summed E-state index contributed by atoms with van der Waals surface area (Å²) in [6, 6.07) is 19.4. The molecule has 0 radical (unpaired) electrons. The Morgan fingerprint density at radius 3 is 2.56 bits per heavy atom. The minimum absolute atomic E-state index is 0. The van der Waals surface area contributed by atoms with Gasteiger partial charge in [-0.3, -0.25) is 4.90 Å². The van der Waals surface area contributed by atoms with Crippen LogP contribution in [0.5, 0.6) is 0 Å². The van der Waals surface area contributed by atoms with Gasteiger partial charge in [-0.2, -0.15) is 0 Å². The lowest BCUT2D eigenvalue weighted by molar-refractivity contribution is 0.298. The van der Waals surface area contributed by atoms with Crippen LogP contribution in [0.15, 0.2) is 66.9 Å². The largest absolute Gasteiger partial charge is 0.361 e. The number of aryl methyl sites for hydroxylation is 1. The van der Waals surface area contributed by atoms with Crippen LogP contribution in [0.1, 0.15) is 24.0 Å². The number of H-pyrrole nitrogens is 1. The van der Waals surface area contributed by atoms with Gasteiger partial charge in [0.05, 0.1) is 0 Å². The second-order valence-corrected chi connectivity index (χ2v) is 6.61. The Labute approximate surface area is 156 Å². The van der Waals surface area contributed by atoms with Gasteiger partial charge in [0.2, 0.25) is 0 Å². The van der Waals surface area contributed by atoms with E-state index >= 15 is 0 Å². The number of para-hydroxylation sites is 1. The lowest BCUT2D eigenvalue weighted by Gasteiger charge is -2.26. The van der Waals surface area contributed by atoms with Crippen LogP contribution in [0, 0.1) is 0 Å². The highest BCUT2D eigenvalue weighted by Gasteiger charge is 2.12. The third-order valence-electron chi connectivity index (χ3n) is 5.03. The average molecular weight is 353 g/mol. The van der Waals surface area contributed by atoms with Crippen molar-refractivity contribution in [3.05, 3.63) is 78.0 Å². The summed E-state index contributed by atoms with van der Waals surface area (Å²) in [5, 5.41) is 1.38. The minimum Gasteiger partial charge on any atom is -0.361 e. The Kier molecular flexibility index (Phi) is 5.95. The third kappa shape index (κ3) is 4.15. The monoisotopic (exact) mass is 352 g/mol. The van der Waals surface area contributed by atoms with Crippen LogP contribution in [-0.4, -0.2) is 29.5 Å². The Hall–Kier alpha value is -2.03. The molecule has 4 rings (SSSR count). The molecule has 25 heavy (non-hydrogen) atoms. The molecule has 0 aliphatic carbocycles. The second kappa shape index (κ2) is 8.37. The number of fused-ring (bicyclic) bond motifs is 1. The first kappa shape index (κ1) is 17.8. The smallest absolute Gasteiger partial charge is 0.0456 e. The number of nitrogens with zero attached hydrogens (tertiary/aromatic N) is 1. The van der Waals surface area contributed by atoms with Gasteiger partial charge in [0.1, 0.15) is 0 Å². The number of hydrogen-bond acceptors (Lipinski definition) is 1. The molecule has 2 nitrogen and oxygen atoms in total. The van der Waals surface area contributed by atoms with Crippen LogP contribution in [-0.2, 0) is 6.42 Å². The van der Waals surface area contributed by atoms with Crippen molar-refractivity contribution in [3.63, 3.8) is 0 Å². The van der Waals surface area contributed by atoms with E-state index in [1.54, 1.807) is 0 Å². The van der Waals surface area contributed by atoms with E-state index in [9.17, 15) is 0 Å². The molecule has 2 heterocycles. The molecule has 0 fully saturated rings. The Balaban J connectivity index is 0.00000182. The summed E-state index contributed by atoms with van der Waals surface area (Å²) in [5.41, 5.74) is 5.59. The van der Waals surface area contributed by atoms with Gasteiger partial charge in [-0.25, -0.2) is 0 Å². The zero-order chi connectivity index (χ0) is 16.2. The summed E-state index contributed by atoms with van der Waals surface area (Å²) in [4.78, 5) is 5.95. The number of rotatable bonds is 5. The van der Waals surface area contributed by atoms with Crippen LogP contribution < -0.4 is 0 Å². The van der Waals surface area contributed by atoms with Gasteiger partial charge in [0, 0.05) is 30.2 Å². The molecule has 2 aromatic carbocycles. The van der Waals surface area contributed by atoms with Crippen molar-refractivity contribution >= 4 is 28.9 Å². The van der Waals surface area contributed by atoms with Crippen LogP contribution in [0.25, 0.3) is 16.5 Å². The van der Waals surface area contributed by atoms with E-state index in [-0.39, 0.29) is 12.4 Å². The highest BCUT2D eigenvalue weighted by Crippen LogP contribution is 2.23. The number of aromatic nitrogens is 1. The van der Waals surface area contributed by atoms with Gasteiger partial charge in [-0.05, 0) is 48.6 Å². The van der Waals surface area contributed by atoms with Gasteiger partial charge < -0.3 is 4.98 Å². The molecule has 3 aromatic rings. The van der Waals surface area contributed by atoms with E-state index in [0.29, 0.717) is 0 Å². The highest BCUT2D eigenvalue weighted by atomic mass is 35.5. The van der Waals surface area contributed by atoms with E-state index in [2.05, 4.69) is 76.8 Å². The fourth-order valence-corrected chi connectivity index (χ4v) is 3.66. The molecule has 0 spiro atoms. The molecular formula is C22H25ClN2. The summed E-state index contributed by atoms with van der Waals surface area (Å²) < 4.78 is 0. The molecule has 1 N–H and O–H groups in total. The van der Waals surface area contributed by atoms with E-state index in [1.807, 2.05) is 0 Å². The van der Waals surface area contributed by atoms with Gasteiger partial charge in [-0.1, -0.05) is 54.6 Å². The molecule has 3 heteroatoms. The first-order valence-corrected chi connectivity index (χ1v) is 8.92. The zero-order valence-electron chi connectivity index (χ0n) is 14.4. The lowest BCUT2D eigenvalue weighted by Crippen LogP contribution is -2.29. The van der Waals surface area contributed by atoms with Gasteiger partial charge in [0.15, 0.2) is 0 Å². The van der Waals surface area contributed by atoms with Crippen LogP contribution in [0.2, 0.25) is 0 Å². The SMILES string of the molecule is C1=C(c2ccccc2)CCN(CCCc2c[nH]c3ccccc23)C1.Cl. The first-order valence-electron chi connectivity index (χ1n) is 8.92. The van der Waals surface area contributed by atoms with Crippen molar-refractivity contribution in [1.29, 1.82) is 0 Å². The van der Waals surface area contributed by atoms with Crippen LogP contribution >= 0.6 is 12.4 Å². The standard InChI is InChI=1S/C22H24N2.ClH/c1-2-7-18(8-3-1)19-12-15-24(16-13-19)14-6-9-20-17-23-22-11-5-4-10-21(20)22;/h1-5,7-8,10-12,17,23H,6,9,13-16H2;1H. The molecule has 0 amide bonds. The van der Waals surface area contributed by atoms with Gasteiger partial charge in [-0.15, -0.1) is 12.4 Å². The minimum atomic E-state index is 0. The maximum atomic E-state index is 3.38. The lowest BCUT2D eigenvalue weighted by atomic mass is 9.99. The zero-order valence-corrected chi connectivity index (χ0v) is 15.3. The van der Waals surface area contributed by atoms with E-state index in [0.717, 1.165) is 19.4 Å². The van der Waals surface area contributed by atoms with Crippen LogP contribution in [0.4, 0.5) is 0 Å². The number of benzene rings is 2. The third-order valence-corrected chi connectivity index (χ3v) is 5.03. The number of aromatic amines is 1. The number of nitrogens with one attached hydrogen (secondary N) is 1. The Morgan fingerprint density at radius 1 is 0.960 bits per heavy atom. The normalized spacial score (nSPS) is 15.0. The molecule has 1 aromatic heterocycles. The number of hydrogen-bond donors (Lipinski definition) is 1. The Morgan fingerprint density at radius 2 is 1.76 bits per heavy atom. The first-order chi connectivity index (χ1) is 11.9. The molecule has 0 unspecified atom stereocenters. The van der Waals surface area contributed by atoms with Crippen molar-refractivity contribution in [2.75, 3.05) is 19.6 Å². The molecule has 0 saturated heterocycles. The van der Waals surface area contributed by atoms with Crippen molar-refractivity contribution in [1.82, 2.24) is 9.88 Å². The fourth-order valence-electron chi connectivity index (χ4n) is 3.66. The summed E-state index contributed by atoms with van der Waals surface area (Å²) >= 11 is 0. The molecule has 0 bridgehead atoms. The summed E-state index contributed by atoms with van der Waals surface area (Å²) in [7, 11) is 0. The fraction of sp³-hybridized carbons (Fsp3) is 0.273. The quantitative estimate of drug-likeness (QED) is 0.659. The topological polar surface area (TPSA) is 19.0 Å². The molecule has 1 aliphatic heterocycles. The van der Waals surface area contributed by atoms with Crippen LogP contribution in [0.3, 0.4) is 0 Å². The molecule has 130 valence electrons. The highest BCUT2D eigenvalue weighted by molar-refractivity contribution is 5.85. The summed E-state index contributed by atoms with van der Waals surface area (Å²) in [6.07, 6.45) is 8.11. The van der Waals surface area contributed by atoms with E-state index < -0.39 is 0 Å². The summed E-state index contributed by atoms with van der Waals surface area (Å²) in [6.45, 7) is 3.44. The predicted octanol–water partition coefficient (Wildman–Crippen LogP) is 5.31.